The van der Waals surface area contributed by atoms with E-state index in [4.69, 9.17) is 0 Å². The molecule has 1 aromatic carbocycles. The van der Waals surface area contributed by atoms with Crippen LogP contribution in [-0.4, -0.2) is 40.7 Å². The Morgan fingerprint density at radius 2 is 1.68 bits per heavy atom. The zero-order valence-corrected chi connectivity index (χ0v) is 17.8. The highest BCUT2D eigenvalue weighted by molar-refractivity contribution is 5.81. The van der Waals surface area contributed by atoms with E-state index in [1.54, 1.807) is 0 Å². The predicted molar refractivity (Wildman–Crippen MR) is 113 cm³/mol. The number of nitrogens with zero attached hydrogens (tertiary/aromatic N) is 2. The van der Waals surface area contributed by atoms with Crippen molar-refractivity contribution in [3.8, 4) is 0 Å². The molecule has 1 aliphatic carbocycles. The van der Waals surface area contributed by atoms with Crippen molar-refractivity contribution in [2.24, 2.45) is 17.8 Å². The van der Waals surface area contributed by atoms with Gasteiger partial charge in [-0.1, -0.05) is 37.3 Å². The van der Waals surface area contributed by atoms with Gasteiger partial charge >= 0.3 is 0 Å². The monoisotopic (exact) mass is 384 g/mol. The van der Waals surface area contributed by atoms with Crippen molar-refractivity contribution < 1.29 is 9.59 Å². The molecule has 1 saturated heterocycles. The van der Waals surface area contributed by atoms with Gasteiger partial charge in [-0.15, -0.1) is 0 Å². The Hall–Kier alpha value is -1.84. The summed E-state index contributed by atoms with van der Waals surface area (Å²) in [7, 11) is 0. The predicted octanol–water partition coefficient (Wildman–Crippen LogP) is 4.49. The van der Waals surface area contributed by atoms with Crippen molar-refractivity contribution in [2.45, 2.75) is 71.9 Å². The molecule has 3 rings (SSSR count). The SMILES string of the molecule is CC1CCCN(C(=O)C2CCC(C(=O)N(Cc3ccccc3)C(C)C)CC2)C1. The van der Waals surface area contributed by atoms with Gasteiger partial charge in [0.2, 0.25) is 11.8 Å². The lowest BCUT2D eigenvalue weighted by Gasteiger charge is -2.37. The third-order valence-corrected chi connectivity index (χ3v) is 6.50. The molecule has 0 radical (unpaired) electrons. The molecule has 1 aromatic rings. The number of amides is 2. The minimum absolute atomic E-state index is 0.0652. The van der Waals surface area contributed by atoms with Gasteiger partial charge in [-0.25, -0.2) is 0 Å². The Morgan fingerprint density at radius 3 is 2.29 bits per heavy atom. The van der Waals surface area contributed by atoms with Gasteiger partial charge in [-0.3, -0.25) is 9.59 Å². The Labute approximate surface area is 170 Å². The fraction of sp³-hybridized carbons (Fsp3) is 0.667. The summed E-state index contributed by atoms with van der Waals surface area (Å²) < 4.78 is 0. The second-order valence-corrected chi connectivity index (χ2v) is 9.13. The third-order valence-electron chi connectivity index (χ3n) is 6.50. The number of carbonyl (C=O) groups excluding carboxylic acids is 2. The molecule has 1 aliphatic heterocycles. The van der Waals surface area contributed by atoms with Crippen LogP contribution in [-0.2, 0) is 16.1 Å². The molecule has 2 aliphatic rings. The first kappa shape index (κ1) is 20.9. The molecule has 1 heterocycles. The lowest BCUT2D eigenvalue weighted by atomic mass is 9.80. The highest BCUT2D eigenvalue weighted by Crippen LogP contribution is 2.33. The molecule has 4 nitrogen and oxygen atoms in total. The quantitative estimate of drug-likeness (QED) is 0.750. The Bertz CT molecular complexity index is 650. The van der Waals surface area contributed by atoms with Crippen LogP contribution in [0, 0.1) is 17.8 Å². The molecule has 1 saturated carbocycles. The average Bonchev–Trinajstić information content (AvgIpc) is 2.71. The Morgan fingerprint density at radius 1 is 1.04 bits per heavy atom. The van der Waals surface area contributed by atoms with Crippen molar-refractivity contribution in [1.82, 2.24) is 9.80 Å². The van der Waals surface area contributed by atoms with Gasteiger partial charge in [0.05, 0.1) is 0 Å². The van der Waals surface area contributed by atoms with Crippen LogP contribution in [0.5, 0.6) is 0 Å². The number of hydrogen-bond acceptors (Lipinski definition) is 2. The largest absolute Gasteiger partial charge is 0.342 e. The summed E-state index contributed by atoms with van der Waals surface area (Å²) in [4.78, 5) is 30.2. The molecule has 0 aromatic heterocycles. The number of carbonyl (C=O) groups is 2. The highest BCUT2D eigenvalue weighted by Gasteiger charge is 2.35. The van der Waals surface area contributed by atoms with E-state index in [-0.39, 0.29) is 23.8 Å². The first-order valence-electron chi connectivity index (χ1n) is 11.1. The Balaban J connectivity index is 1.55. The zero-order valence-electron chi connectivity index (χ0n) is 17.8. The molecule has 2 amide bonds. The maximum Gasteiger partial charge on any atom is 0.226 e. The van der Waals surface area contributed by atoms with Crippen LogP contribution in [0.2, 0.25) is 0 Å². The maximum absolute atomic E-state index is 13.2. The van der Waals surface area contributed by atoms with Gasteiger partial charge in [-0.05, 0) is 63.9 Å². The first-order valence-corrected chi connectivity index (χ1v) is 11.1. The second kappa shape index (κ2) is 9.58. The topological polar surface area (TPSA) is 40.6 Å². The van der Waals surface area contributed by atoms with Crippen LogP contribution in [0.25, 0.3) is 0 Å². The van der Waals surface area contributed by atoms with Crippen molar-refractivity contribution in [2.75, 3.05) is 13.1 Å². The lowest BCUT2D eigenvalue weighted by Crippen LogP contribution is -2.45. The van der Waals surface area contributed by atoms with E-state index in [1.807, 2.05) is 23.1 Å². The molecule has 4 heteroatoms. The van der Waals surface area contributed by atoms with Crippen molar-refractivity contribution in [3.05, 3.63) is 35.9 Å². The number of benzene rings is 1. The molecule has 2 fully saturated rings. The van der Waals surface area contributed by atoms with Gasteiger partial charge in [0.1, 0.15) is 0 Å². The summed E-state index contributed by atoms with van der Waals surface area (Å²) in [5.41, 5.74) is 1.17. The van der Waals surface area contributed by atoms with Crippen LogP contribution in [0.4, 0.5) is 0 Å². The zero-order chi connectivity index (χ0) is 20.1. The molecule has 154 valence electrons. The van der Waals surface area contributed by atoms with Gasteiger partial charge in [0, 0.05) is 37.5 Å². The summed E-state index contributed by atoms with van der Waals surface area (Å²) in [5, 5.41) is 0. The van der Waals surface area contributed by atoms with Crippen LogP contribution < -0.4 is 0 Å². The molecule has 0 spiro atoms. The van der Waals surface area contributed by atoms with Crippen molar-refractivity contribution >= 4 is 11.8 Å². The first-order chi connectivity index (χ1) is 13.5. The van der Waals surface area contributed by atoms with E-state index in [0.29, 0.717) is 18.4 Å². The van der Waals surface area contributed by atoms with E-state index >= 15 is 0 Å². The third kappa shape index (κ3) is 5.15. The average molecular weight is 385 g/mol. The van der Waals surface area contributed by atoms with Gasteiger partial charge in [0.15, 0.2) is 0 Å². The van der Waals surface area contributed by atoms with E-state index in [1.165, 1.54) is 12.0 Å². The van der Waals surface area contributed by atoms with Crippen LogP contribution >= 0.6 is 0 Å². The number of likely N-dealkylation sites (tertiary alicyclic amines) is 1. The van der Waals surface area contributed by atoms with E-state index in [9.17, 15) is 9.59 Å². The van der Waals surface area contributed by atoms with Crippen LogP contribution in [0.1, 0.15) is 64.9 Å². The van der Waals surface area contributed by atoms with E-state index in [2.05, 4.69) is 37.8 Å². The fourth-order valence-corrected chi connectivity index (χ4v) is 4.76. The van der Waals surface area contributed by atoms with Gasteiger partial charge in [-0.2, -0.15) is 0 Å². The minimum atomic E-state index is 0.0652. The second-order valence-electron chi connectivity index (χ2n) is 9.13. The lowest BCUT2D eigenvalue weighted by molar-refractivity contribution is -0.143. The molecule has 0 bridgehead atoms. The molecular formula is C24H36N2O2. The van der Waals surface area contributed by atoms with E-state index in [0.717, 1.165) is 45.2 Å². The van der Waals surface area contributed by atoms with Crippen molar-refractivity contribution in [3.63, 3.8) is 0 Å². The summed E-state index contributed by atoms with van der Waals surface area (Å²) >= 11 is 0. The molecular weight excluding hydrogens is 348 g/mol. The maximum atomic E-state index is 13.2. The van der Waals surface area contributed by atoms with Gasteiger partial charge in [0.25, 0.3) is 0 Å². The van der Waals surface area contributed by atoms with E-state index < -0.39 is 0 Å². The number of piperidine rings is 1. The summed E-state index contributed by atoms with van der Waals surface area (Å²) in [6.45, 7) is 8.92. The summed E-state index contributed by atoms with van der Waals surface area (Å²) in [6.07, 6.45) is 5.77. The van der Waals surface area contributed by atoms with Crippen LogP contribution in [0.3, 0.4) is 0 Å². The minimum Gasteiger partial charge on any atom is -0.342 e. The molecule has 28 heavy (non-hydrogen) atoms. The molecule has 1 atom stereocenters. The standard InChI is InChI=1S/C24H36N2O2/c1-18(2)26(17-20-9-5-4-6-10-20)24(28)22-13-11-21(12-14-22)23(27)25-15-7-8-19(3)16-25/h4-6,9-10,18-19,21-22H,7-8,11-17H2,1-3H3. The molecule has 1 unspecified atom stereocenters. The van der Waals surface area contributed by atoms with Crippen molar-refractivity contribution in [1.29, 1.82) is 0 Å². The Kier molecular flexibility index (Phi) is 7.14. The normalized spacial score (nSPS) is 25.6. The molecule has 0 N–H and O–H groups in total. The summed E-state index contributed by atoms with van der Waals surface area (Å²) in [6, 6.07) is 10.4. The number of hydrogen-bond donors (Lipinski definition) is 0. The van der Waals surface area contributed by atoms with Gasteiger partial charge < -0.3 is 9.80 Å². The summed E-state index contributed by atoms with van der Waals surface area (Å²) in [5.74, 6) is 1.40. The highest BCUT2D eigenvalue weighted by atomic mass is 16.2. The smallest absolute Gasteiger partial charge is 0.226 e. The van der Waals surface area contributed by atoms with Crippen LogP contribution in [0.15, 0.2) is 30.3 Å². The number of rotatable bonds is 5. The fourth-order valence-electron chi connectivity index (χ4n) is 4.76.